The lowest BCUT2D eigenvalue weighted by atomic mass is 9.93. The van der Waals surface area contributed by atoms with Crippen LogP contribution in [-0.4, -0.2) is 21.6 Å². The first-order valence-electron chi connectivity index (χ1n) is 8.82. The number of aryl methyl sites for hydroxylation is 1. The standard InChI is InChI=1S/C21H20N4O2/c1-14-3-2-4-15(13-14)21(10-11-21)20(27)23-16-5-7-17(8-6-16)25-12-9-18(24-25)19(22)26/h2-9,12-13H,10-11H2,1H3,(H2,22,26)(H,23,27). The molecule has 1 aliphatic carbocycles. The van der Waals surface area contributed by atoms with Gasteiger partial charge < -0.3 is 11.1 Å². The van der Waals surface area contributed by atoms with E-state index in [0.717, 1.165) is 35.3 Å². The first-order valence-corrected chi connectivity index (χ1v) is 8.82. The van der Waals surface area contributed by atoms with Crippen molar-refractivity contribution in [3.05, 3.63) is 77.6 Å². The highest BCUT2D eigenvalue weighted by Crippen LogP contribution is 2.49. The van der Waals surface area contributed by atoms with Crippen molar-refractivity contribution in [1.82, 2.24) is 9.78 Å². The third-order valence-corrected chi connectivity index (χ3v) is 4.99. The predicted octanol–water partition coefficient (Wildman–Crippen LogP) is 2.95. The molecule has 0 spiro atoms. The highest BCUT2D eigenvalue weighted by atomic mass is 16.2. The van der Waals surface area contributed by atoms with E-state index < -0.39 is 11.3 Å². The van der Waals surface area contributed by atoms with Crippen molar-refractivity contribution in [3.8, 4) is 5.69 Å². The lowest BCUT2D eigenvalue weighted by Crippen LogP contribution is -2.27. The van der Waals surface area contributed by atoms with Crippen molar-refractivity contribution < 1.29 is 9.59 Å². The van der Waals surface area contributed by atoms with Gasteiger partial charge in [0, 0.05) is 11.9 Å². The molecule has 6 nitrogen and oxygen atoms in total. The van der Waals surface area contributed by atoms with E-state index in [2.05, 4.69) is 16.5 Å². The topological polar surface area (TPSA) is 90.0 Å². The number of nitrogens with zero attached hydrogens (tertiary/aromatic N) is 2. The normalized spacial score (nSPS) is 14.6. The van der Waals surface area contributed by atoms with Crippen molar-refractivity contribution in [1.29, 1.82) is 0 Å². The molecular weight excluding hydrogens is 340 g/mol. The molecule has 27 heavy (non-hydrogen) atoms. The van der Waals surface area contributed by atoms with Gasteiger partial charge in [-0.2, -0.15) is 5.10 Å². The molecule has 2 aromatic carbocycles. The smallest absolute Gasteiger partial charge is 0.269 e. The number of hydrogen-bond acceptors (Lipinski definition) is 3. The molecule has 136 valence electrons. The molecule has 1 aliphatic rings. The molecule has 1 saturated carbocycles. The number of aromatic nitrogens is 2. The number of nitrogens with two attached hydrogens (primary N) is 1. The molecule has 1 heterocycles. The van der Waals surface area contributed by atoms with Crippen molar-refractivity contribution in [2.75, 3.05) is 5.32 Å². The fourth-order valence-electron chi connectivity index (χ4n) is 3.26. The molecule has 0 aliphatic heterocycles. The molecule has 1 fully saturated rings. The van der Waals surface area contributed by atoms with E-state index in [-0.39, 0.29) is 11.6 Å². The summed E-state index contributed by atoms with van der Waals surface area (Å²) in [5.41, 5.74) is 8.76. The zero-order chi connectivity index (χ0) is 19.0. The van der Waals surface area contributed by atoms with E-state index in [0.29, 0.717) is 0 Å². The van der Waals surface area contributed by atoms with Crippen LogP contribution >= 0.6 is 0 Å². The van der Waals surface area contributed by atoms with Crippen LogP contribution in [0.1, 0.15) is 34.5 Å². The van der Waals surface area contributed by atoms with Crippen LogP contribution in [0.15, 0.2) is 60.8 Å². The fourth-order valence-corrected chi connectivity index (χ4v) is 3.26. The zero-order valence-electron chi connectivity index (χ0n) is 15.0. The Kier molecular flexibility index (Phi) is 4.03. The third kappa shape index (κ3) is 3.21. The molecule has 0 unspecified atom stereocenters. The number of carbonyl (C=O) groups excluding carboxylic acids is 2. The summed E-state index contributed by atoms with van der Waals surface area (Å²) in [6.45, 7) is 2.04. The van der Waals surface area contributed by atoms with Gasteiger partial charge in [0.05, 0.1) is 11.1 Å². The quantitative estimate of drug-likeness (QED) is 0.733. The van der Waals surface area contributed by atoms with Crippen LogP contribution in [0, 0.1) is 6.92 Å². The summed E-state index contributed by atoms with van der Waals surface area (Å²) in [4.78, 5) is 24.0. The van der Waals surface area contributed by atoms with Crippen molar-refractivity contribution >= 4 is 17.5 Å². The van der Waals surface area contributed by atoms with Gasteiger partial charge in [-0.05, 0) is 55.7 Å². The lowest BCUT2D eigenvalue weighted by Gasteiger charge is -2.16. The fraction of sp³-hybridized carbons (Fsp3) is 0.190. The Hall–Kier alpha value is -3.41. The van der Waals surface area contributed by atoms with Crippen molar-refractivity contribution in [2.45, 2.75) is 25.2 Å². The Bertz CT molecular complexity index is 1020. The third-order valence-electron chi connectivity index (χ3n) is 4.99. The monoisotopic (exact) mass is 360 g/mol. The van der Waals surface area contributed by atoms with Crippen molar-refractivity contribution in [2.24, 2.45) is 5.73 Å². The number of amides is 2. The number of hydrogen-bond donors (Lipinski definition) is 2. The predicted molar refractivity (Wildman–Crippen MR) is 103 cm³/mol. The summed E-state index contributed by atoms with van der Waals surface area (Å²) in [7, 11) is 0. The van der Waals surface area contributed by atoms with E-state index in [1.807, 2.05) is 49.4 Å². The number of benzene rings is 2. The molecule has 3 N–H and O–H groups in total. The van der Waals surface area contributed by atoms with Gasteiger partial charge in [-0.15, -0.1) is 0 Å². The number of primary amides is 1. The molecule has 0 atom stereocenters. The second-order valence-corrected chi connectivity index (χ2v) is 6.96. The molecule has 3 aromatic rings. The lowest BCUT2D eigenvalue weighted by molar-refractivity contribution is -0.118. The highest BCUT2D eigenvalue weighted by Gasteiger charge is 2.51. The van der Waals surface area contributed by atoms with Crippen LogP contribution in [0.4, 0.5) is 5.69 Å². The van der Waals surface area contributed by atoms with Crippen LogP contribution in [0.2, 0.25) is 0 Å². The Balaban J connectivity index is 1.50. The Morgan fingerprint density at radius 2 is 1.85 bits per heavy atom. The Morgan fingerprint density at radius 1 is 1.11 bits per heavy atom. The first kappa shape index (κ1) is 17.0. The summed E-state index contributed by atoms with van der Waals surface area (Å²) in [6.07, 6.45) is 3.40. The molecule has 2 amide bonds. The van der Waals surface area contributed by atoms with E-state index in [4.69, 9.17) is 5.73 Å². The van der Waals surface area contributed by atoms with E-state index in [1.54, 1.807) is 16.9 Å². The first-order chi connectivity index (χ1) is 13.0. The number of carbonyl (C=O) groups is 2. The Morgan fingerprint density at radius 3 is 2.44 bits per heavy atom. The average Bonchev–Trinajstić information content (AvgIpc) is 3.32. The van der Waals surface area contributed by atoms with Crippen LogP contribution in [0.3, 0.4) is 0 Å². The van der Waals surface area contributed by atoms with Gasteiger partial charge in [0.1, 0.15) is 5.69 Å². The van der Waals surface area contributed by atoms with Gasteiger partial charge in [0.2, 0.25) is 5.91 Å². The maximum atomic E-state index is 12.9. The van der Waals surface area contributed by atoms with Gasteiger partial charge in [0.15, 0.2) is 0 Å². The minimum Gasteiger partial charge on any atom is -0.364 e. The van der Waals surface area contributed by atoms with Crippen LogP contribution in [-0.2, 0) is 10.2 Å². The summed E-state index contributed by atoms with van der Waals surface area (Å²) < 4.78 is 1.57. The van der Waals surface area contributed by atoms with Gasteiger partial charge in [-0.1, -0.05) is 29.8 Å². The highest BCUT2D eigenvalue weighted by molar-refractivity contribution is 6.01. The maximum Gasteiger partial charge on any atom is 0.269 e. The van der Waals surface area contributed by atoms with Gasteiger partial charge in [0.25, 0.3) is 5.91 Å². The van der Waals surface area contributed by atoms with Crippen LogP contribution in [0.5, 0.6) is 0 Å². The summed E-state index contributed by atoms with van der Waals surface area (Å²) in [6, 6.07) is 17.0. The molecule has 0 radical (unpaired) electrons. The number of rotatable bonds is 5. The molecule has 0 bridgehead atoms. The SMILES string of the molecule is Cc1cccc(C2(C(=O)Nc3ccc(-n4ccc(C(N)=O)n4)cc3)CC2)c1. The molecule has 6 heteroatoms. The number of nitrogens with one attached hydrogen (secondary N) is 1. The molecule has 0 saturated heterocycles. The van der Waals surface area contributed by atoms with Gasteiger partial charge >= 0.3 is 0 Å². The molecular formula is C21H20N4O2. The minimum absolute atomic E-state index is 0.0240. The largest absolute Gasteiger partial charge is 0.364 e. The van der Waals surface area contributed by atoms with E-state index >= 15 is 0 Å². The second-order valence-electron chi connectivity index (χ2n) is 6.96. The molecule has 1 aromatic heterocycles. The number of anilines is 1. The second kappa shape index (κ2) is 6.39. The Labute approximate surface area is 157 Å². The average molecular weight is 360 g/mol. The van der Waals surface area contributed by atoms with Crippen molar-refractivity contribution in [3.63, 3.8) is 0 Å². The zero-order valence-corrected chi connectivity index (χ0v) is 15.0. The van der Waals surface area contributed by atoms with Gasteiger partial charge in [-0.25, -0.2) is 4.68 Å². The van der Waals surface area contributed by atoms with Crippen LogP contribution < -0.4 is 11.1 Å². The van der Waals surface area contributed by atoms with Gasteiger partial charge in [-0.3, -0.25) is 9.59 Å². The minimum atomic E-state index is -0.566. The van der Waals surface area contributed by atoms with Crippen LogP contribution in [0.25, 0.3) is 5.69 Å². The summed E-state index contributed by atoms with van der Waals surface area (Å²) >= 11 is 0. The van der Waals surface area contributed by atoms with E-state index in [9.17, 15) is 9.59 Å². The summed E-state index contributed by atoms with van der Waals surface area (Å²) in [5.74, 6) is -0.542. The van der Waals surface area contributed by atoms with E-state index in [1.165, 1.54) is 0 Å². The maximum absolute atomic E-state index is 12.9. The molecule has 4 rings (SSSR count). The summed E-state index contributed by atoms with van der Waals surface area (Å²) in [5, 5.41) is 7.14.